The summed E-state index contributed by atoms with van der Waals surface area (Å²) in [7, 11) is 0. The van der Waals surface area contributed by atoms with Crippen molar-refractivity contribution in [1.29, 1.82) is 0 Å². The second-order valence-electron chi connectivity index (χ2n) is 20.3. The molecule has 0 aliphatic carbocycles. The molecule has 0 saturated carbocycles. The van der Waals surface area contributed by atoms with Crippen molar-refractivity contribution in [2.45, 2.75) is 328 Å². The van der Waals surface area contributed by atoms with Crippen molar-refractivity contribution < 1.29 is 24.5 Å². The van der Waals surface area contributed by atoms with E-state index in [0.29, 0.717) is 19.4 Å². The highest BCUT2D eigenvalue weighted by Crippen LogP contribution is 2.17. The highest BCUT2D eigenvalue weighted by atomic mass is 16.5. The first-order valence-corrected chi connectivity index (χ1v) is 29.8. The fourth-order valence-corrected chi connectivity index (χ4v) is 9.08. The van der Waals surface area contributed by atoms with Crippen LogP contribution in [0, 0.1) is 0 Å². The smallest absolute Gasteiger partial charge is 0.305 e. The maximum Gasteiger partial charge on any atom is 0.305 e. The van der Waals surface area contributed by atoms with Gasteiger partial charge < -0.3 is 20.3 Å². The van der Waals surface area contributed by atoms with Gasteiger partial charge in [-0.3, -0.25) is 9.59 Å². The first kappa shape index (κ1) is 65.1. The van der Waals surface area contributed by atoms with Crippen molar-refractivity contribution in [2.75, 3.05) is 13.2 Å². The lowest BCUT2D eigenvalue weighted by Crippen LogP contribution is -2.45. The van der Waals surface area contributed by atoms with Crippen molar-refractivity contribution in [3.63, 3.8) is 0 Å². The van der Waals surface area contributed by atoms with Crippen LogP contribution in [0.4, 0.5) is 0 Å². The normalized spacial score (nSPS) is 12.8. The minimum absolute atomic E-state index is 0.0344. The fraction of sp³-hybridized carbons (Fsp3) is 0.869. The molecular formula is C61H115NO5. The van der Waals surface area contributed by atoms with Gasteiger partial charge in [0.2, 0.25) is 5.91 Å². The van der Waals surface area contributed by atoms with Gasteiger partial charge in [-0.25, -0.2) is 0 Å². The number of carbonyl (C=O) groups is 2. The van der Waals surface area contributed by atoms with E-state index in [9.17, 15) is 19.8 Å². The van der Waals surface area contributed by atoms with Crippen molar-refractivity contribution in [1.82, 2.24) is 5.32 Å². The Kier molecular flexibility index (Phi) is 55.0. The SMILES string of the molecule is CCCCC/C=C\C/C=C\CCCCCCCCCC(=O)OCCCCCCCCCCCC(=O)NC(CO)C(O)/C=C/CCCCCCCCCCCCCCCCCCCCCCCC. The van der Waals surface area contributed by atoms with Gasteiger partial charge in [0.15, 0.2) is 0 Å². The lowest BCUT2D eigenvalue weighted by molar-refractivity contribution is -0.143. The summed E-state index contributed by atoms with van der Waals surface area (Å²) in [5.41, 5.74) is 0. The number of nitrogens with one attached hydrogen (secondary N) is 1. The molecule has 0 aliphatic rings. The maximum atomic E-state index is 12.5. The molecule has 0 aromatic carbocycles. The maximum absolute atomic E-state index is 12.5. The molecule has 0 bridgehead atoms. The van der Waals surface area contributed by atoms with Crippen LogP contribution in [0.25, 0.3) is 0 Å². The van der Waals surface area contributed by atoms with Gasteiger partial charge in [-0.15, -0.1) is 0 Å². The van der Waals surface area contributed by atoms with Crippen LogP contribution in [-0.4, -0.2) is 47.4 Å². The molecule has 3 N–H and O–H groups in total. The average Bonchev–Trinajstić information content (AvgIpc) is 3.33. The Labute approximate surface area is 417 Å². The number of aliphatic hydroxyl groups excluding tert-OH is 2. The summed E-state index contributed by atoms with van der Waals surface area (Å²) in [5.74, 6) is -0.128. The van der Waals surface area contributed by atoms with E-state index in [1.165, 1.54) is 225 Å². The van der Waals surface area contributed by atoms with Crippen LogP contribution in [-0.2, 0) is 14.3 Å². The molecule has 2 atom stereocenters. The monoisotopic (exact) mass is 942 g/mol. The van der Waals surface area contributed by atoms with Gasteiger partial charge in [0.05, 0.1) is 25.4 Å². The Hall–Kier alpha value is -1.92. The lowest BCUT2D eigenvalue weighted by Gasteiger charge is -2.20. The Balaban J connectivity index is 3.51. The van der Waals surface area contributed by atoms with E-state index in [2.05, 4.69) is 43.5 Å². The van der Waals surface area contributed by atoms with Gasteiger partial charge in [-0.2, -0.15) is 0 Å². The number of rotatable bonds is 55. The molecule has 6 nitrogen and oxygen atoms in total. The van der Waals surface area contributed by atoms with Crippen LogP contribution < -0.4 is 5.32 Å². The van der Waals surface area contributed by atoms with Crippen molar-refractivity contribution >= 4 is 11.9 Å². The third-order valence-electron chi connectivity index (χ3n) is 13.7. The number of aliphatic hydroxyl groups is 2. The number of esters is 1. The highest BCUT2D eigenvalue weighted by molar-refractivity contribution is 5.76. The molecule has 0 heterocycles. The second-order valence-corrected chi connectivity index (χ2v) is 20.3. The van der Waals surface area contributed by atoms with Crippen LogP contribution >= 0.6 is 0 Å². The molecule has 0 saturated heterocycles. The van der Waals surface area contributed by atoms with Crippen molar-refractivity contribution in [3.8, 4) is 0 Å². The molecule has 0 radical (unpaired) electrons. The molecular weight excluding hydrogens is 827 g/mol. The minimum Gasteiger partial charge on any atom is -0.466 e. The quantitative estimate of drug-likeness (QED) is 0.0321. The predicted molar refractivity (Wildman–Crippen MR) is 292 cm³/mol. The van der Waals surface area contributed by atoms with Crippen LogP contribution in [0.5, 0.6) is 0 Å². The van der Waals surface area contributed by atoms with Gasteiger partial charge in [-0.05, 0) is 64.2 Å². The minimum atomic E-state index is -0.864. The Morgan fingerprint density at radius 3 is 1.16 bits per heavy atom. The van der Waals surface area contributed by atoms with Gasteiger partial charge in [0.1, 0.15) is 0 Å². The number of hydrogen-bond donors (Lipinski definition) is 3. The topological polar surface area (TPSA) is 95.9 Å². The summed E-state index contributed by atoms with van der Waals surface area (Å²) >= 11 is 0. The standard InChI is InChI=1S/C61H115NO5/c1-3-5-7-9-11-13-15-17-19-21-22-23-24-25-26-27-29-30-32-34-37-41-45-49-53-59(64)58(57-63)62-60(65)54-50-46-42-38-36-40-44-48-52-56-67-61(66)55-51-47-43-39-35-33-31-28-20-18-16-14-12-10-8-6-4-2/h12,14,18,20,49,53,58-59,63-64H,3-11,13,15-17,19,21-48,50-52,54-57H2,1-2H3,(H,62,65)/b14-12-,20-18-,53-49+. The largest absolute Gasteiger partial charge is 0.466 e. The number of carbonyl (C=O) groups excluding carboxylic acids is 2. The van der Waals surface area contributed by atoms with Gasteiger partial charge in [0.25, 0.3) is 0 Å². The molecule has 0 fully saturated rings. The molecule has 0 aromatic rings. The molecule has 394 valence electrons. The molecule has 67 heavy (non-hydrogen) atoms. The fourth-order valence-electron chi connectivity index (χ4n) is 9.08. The summed E-state index contributed by atoms with van der Waals surface area (Å²) in [6, 6.07) is -0.650. The van der Waals surface area contributed by atoms with Crippen molar-refractivity contribution in [2.24, 2.45) is 0 Å². The molecule has 0 spiro atoms. The molecule has 6 heteroatoms. The molecule has 0 aliphatic heterocycles. The summed E-state index contributed by atoms with van der Waals surface area (Å²) in [5, 5.41) is 23.2. The molecule has 0 aromatic heterocycles. The van der Waals surface area contributed by atoms with Gasteiger partial charge >= 0.3 is 5.97 Å². The van der Waals surface area contributed by atoms with Gasteiger partial charge in [0, 0.05) is 12.8 Å². The zero-order chi connectivity index (χ0) is 48.6. The lowest BCUT2D eigenvalue weighted by atomic mass is 10.0. The van der Waals surface area contributed by atoms with Gasteiger partial charge in [-0.1, -0.05) is 275 Å². The number of amides is 1. The van der Waals surface area contributed by atoms with Crippen LogP contribution in [0.1, 0.15) is 316 Å². The van der Waals surface area contributed by atoms with E-state index in [0.717, 1.165) is 64.2 Å². The number of ether oxygens (including phenoxy) is 1. The van der Waals surface area contributed by atoms with E-state index in [-0.39, 0.29) is 18.5 Å². The van der Waals surface area contributed by atoms with Crippen LogP contribution in [0.3, 0.4) is 0 Å². The first-order chi connectivity index (χ1) is 33.0. The summed E-state index contributed by atoms with van der Waals surface area (Å²) in [4.78, 5) is 24.6. The van der Waals surface area contributed by atoms with Crippen molar-refractivity contribution in [3.05, 3.63) is 36.5 Å². The number of unbranched alkanes of at least 4 members (excludes halogenated alkanes) is 40. The number of allylic oxidation sites excluding steroid dienone is 5. The van der Waals surface area contributed by atoms with E-state index in [4.69, 9.17) is 4.74 Å². The molecule has 1 amide bonds. The third kappa shape index (κ3) is 53.3. The van der Waals surface area contributed by atoms with E-state index in [1.54, 1.807) is 6.08 Å². The zero-order valence-corrected chi connectivity index (χ0v) is 44.9. The summed E-state index contributed by atoms with van der Waals surface area (Å²) in [6.45, 7) is 4.83. The Morgan fingerprint density at radius 2 is 0.746 bits per heavy atom. The Morgan fingerprint density at radius 1 is 0.418 bits per heavy atom. The molecule has 2 unspecified atom stereocenters. The average molecular weight is 943 g/mol. The molecule has 0 rings (SSSR count). The highest BCUT2D eigenvalue weighted by Gasteiger charge is 2.18. The van der Waals surface area contributed by atoms with E-state index < -0.39 is 12.1 Å². The summed E-state index contributed by atoms with van der Waals surface area (Å²) < 4.78 is 5.46. The summed E-state index contributed by atoms with van der Waals surface area (Å²) in [6.07, 6.45) is 70.2. The predicted octanol–water partition coefficient (Wildman–Crippen LogP) is 18.4. The van der Waals surface area contributed by atoms with E-state index >= 15 is 0 Å². The zero-order valence-electron chi connectivity index (χ0n) is 44.9. The second kappa shape index (κ2) is 56.7. The Bertz CT molecular complexity index is 1090. The number of hydrogen-bond acceptors (Lipinski definition) is 5. The third-order valence-corrected chi connectivity index (χ3v) is 13.7. The van der Waals surface area contributed by atoms with E-state index in [1.807, 2.05) is 6.08 Å². The van der Waals surface area contributed by atoms with Crippen LogP contribution in [0.15, 0.2) is 36.5 Å². The van der Waals surface area contributed by atoms with Crippen LogP contribution in [0.2, 0.25) is 0 Å². The first-order valence-electron chi connectivity index (χ1n) is 29.8.